The highest BCUT2D eigenvalue weighted by Crippen LogP contribution is 2.34. The van der Waals surface area contributed by atoms with Gasteiger partial charge < -0.3 is 0 Å². The maximum absolute atomic E-state index is 14.0. The average Bonchev–Trinajstić information content (AvgIpc) is 2.51. The highest BCUT2D eigenvalue weighted by atomic mass is 19.1. The number of hydrogen-bond acceptors (Lipinski definition) is 0. The monoisotopic (exact) mass is 266 g/mol. The van der Waals surface area contributed by atoms with Crippen molar-refractivity contribution >= 4 is 5.57 Å². The van der Waals surface area contributed by atoms with Gasteiger partial charge in [-0.3, -0.25) is 0 Å². The number of hydrogen-bond donors (Lipinski definition) is 0. The van der Waals surface area contributed by atoms with Crippen molar-refractivity contribution in [1.29, 1.82) is 0 Å². The van der Waals surface area contributed by atoms with E-state index in [1.165, 1.54) is 24.0 Å². The number of benzene rings is 2. The third kappa shape index (κ3) is 2.53. The minimum Gasteiger partial charge on any atom is -0.207 e. The lowest BCUT2D eigenvalue weighted by atomic mass is 9.87. The summed E-state index contributed by atoms with van der Waals surface area (Å²) in [6.45, 7) is 2.10. The summed E-state index contributed by atoms with van der Waals surface area (Å²) in [4.78, 5) is 0. The van der Waals surface area contributed by atoms with E-state index in [2.05, 4.69) is 13.0 Å². The van der Waals surface area contributed by atoms with E-state index in [0.717, 1.165) is 29.5 Å². The molecule has 1 aliphatic rings. The molecule has 0 radical (unpaired) electrons. The van der Waals surface area contributed by atoms with Gasteiger partial charge in [-0.15, -0.1) is 0 Å². The Bertz CT molecular complexity index is 638. The van der Waals surface area contributed by atoms with Gasteiger partial charge in [0.1, 0.15) is 5.82 Å². The van der Waals surface area contributed by atoms with Crippen molar-refractivity contribution in [3.05, 3.63) is 65.5 Å². The first-order valence-corrected chi connectivity index (χ1v) is 7.30. The molecule has 0 aromatic heterocycles. The molecule has 20 heavy (non-hydrogen) atoms. The van der Waals surface area contributed by atoms with Crippen molar-refractivity contribution < 1.29 is 4.39 Å². The van der Waals surface area contributed by atoms with Gasteiger partial charge in [0.15, 0.2) is 0 Å². The summed E-state index contributed by atoms with van der Waals surface area (Å²) in [5.41, 5.74) is 5.67. The van der Waals surface area contributed by atoms with Crippen LogP contribution in [0.2, 0.25) is 0 Å². The normalized spacial score (nSPS) is 15.0. The van der Waals surface area contributed by atoms with Crippen molar-refractivity contribution in [1.82, 2.24) is 0 Å². The summed E-state index contributed by atoms with van der Waals surface area (Å²) in [5.74, 6) is -0.143. The molecule has 0 fully saturated rings. The molecule has 0 unspecified atom stereocenters. The Labute approximate surface area is 120 Å². The van der Waals surface area contributed by atoms with E-state index in [1.54, 1.807) is 12.1 Å². The molecule has 102 valence electrons. The van der Waals surface area contributed by atoms with Crippen molar-refractivity contribution in [3.63, 3.8) is 0 Å². The van der Waals surface area contributed by atoms with Crippen LogP contribution < -0.4 is 0 Å². The Hall–Kier alpha value is -1.89. The van der Waals surface area contributed by atoms with Gasteiger partial charge in [0.2, 0.25) is 0 Å². The standard InChI is InChI=1S/C19H19F/c1-14-18(15-8-4-2-5-9-15)12-17(20)13-19(14)16-10-6-3-7-11-16/h2,4-5,8-10,12-13H,3,6-7,11H2,1H3. The molecule has 0 nitrogen and oxygen atoms in total. The minimum atomic E-state index is -0.143. The number of rotatable bonds is 2. The number of allylic oxidation sites excluding steroid dienone is 2. The third-order valence-electron chi connectivity index (χ3n) is 4.09. The summed E-state index contributed by atoms with van der Waals surface area (Å²) < 4.78 is 14.0. The molecule has 3 rings (SSSR count). The van der Waals surface area contributed by atoms with Crippen LogP contribution in [0.4, 0.5) is 4.39 Å². The molecule has 2 aromatic carbocycles. The molecule has 2 aromatic rings. The predicted molar refractivity (Wildman–Crippen MR) is 83.0 cm³/mol. The smallest absolute Gasteiger partial charge is 0.124 e. The maximum Gasteiger partial charge on any atom is 0.124 e. The van der Waals surface area contributed by atoms with Crippen LogP contribution in [-0.4, -0.2) is 0 Å². The zero-order valence-electron chi connectivity index (χ0n) is 11.8. The average molecular weight is 266 g/mol. The second kappa shape index (κ2) is 5.62. The second-order valence-electron chi connectivity index (χ2n) is 5.47. The van der Waals surface area contributed by atoms with E-state index in [0.29, 0.717) is 0 Å². The van der Waals surface area contributed by atoms with Crippen molar-refractivity contribution in [2.45, 2.75) is 32.6 Å². The first kappa shape index (κ1) is 13.1. The summed E-state index contributed by atoms with van der Waals surface area (Å²) in [6.07, 6.45) is 6.93. The van der Waals surface area contributed by atoms with Crippen molar-refractivity contribution in [2.75, 3.05) is 0 Å². The Morgan fingerprint density at radius 1 is 0.950 bits per heavy atom. The molecule has 0 atom stereocenters. The Balaban J connectivity index is 2.13. The molecular weight excluding hydrogens is 247 g/mol. The molecule has 0 heterocycles. The highest BCUT2D eigenvalue weighted by Gasteiger charge is 2.14. The first-order valence-electron chi connectivity index (χ1n) is 7.30. The van der Waals surface area contributed by atoms with E-state index in [9.17, 15) is 4.39 Å². The molecule has 0 N–H and O–H groups in total. The van der Waals surface area contributed by atoms with E-state index < -0.39 is 0 Å². The quantitative estimate of drug-likeness (QED) is 0.648. The van der Waals surface area contributed by atoms with Gasteiger partial charge in [0.25, 0.3) is 0 Å². The Kier molecular flexibility index (Phi) is 3.68. The Morgan fingerprint density at radius 2 is 1.70 bits per heavy atom. The SMILES string of the molecule is Cc1c(C2=CCCCC2)cc(F)cc1-c1ccccc1. The van der Waals surface area contributed by atoms with Gasteiger partial charge in [-0.25, -0.2) is 4.39 Å². The molecule has 0 aliphatic heterocycles. The molecule has 0 saturated heterocycles. The van der Waals surface area contributed by atoms with Crippen LogP contribution in [0.3, 0.4) is 0 Å². The van der Waals surface area contributed by atoms with E-state index in [4.69, 9.17) is 0 Å². The van der Waals surface area contributed by atoms with E-state index >= 15 is 0 Å². The summed E-state index contributed by atoms with van der Waals surface area (Å²) in [5, 5.41) is 0. The van der Waals surface area contributed by atoms with Crippen molar-refractivity contribution in [2.24, 2.45) is 0 Å². The van der Waals surface area contributed by atoms with Crippen LogP contribution in [0, 0.1) is 12.7 Å². The third-order valence-corrected chi connectivity index (χ3v) is 4.09. The lowest BCUT2D eigenvalue weighted by Crippen LogP contribution is -1.98. The van der Waals surface area contributed by atoms with Gasteiger partial charge >= 0.3 is 0 Å². The molecule has 1 aliphatic carbocycles. The topological polar surface area (TPSA) is 0 Å². The maximum atomic E-state index is 14.0. The Morgan fingerprint density at radius 3 is 2.40 bits per heavy atom. The summed E-state index contributed by atoms with van der Waals surface area (Å²) in [6, 6.07) is 13.4. The minimum absolute atomic E-state index is 0.143. The van der Waals surface area contributed by atoms with Crippen LogP contribution in [0.5, 0.6) is 0 Å². The van der Waals surface area contributed by atoms with Gasteiger partial charge in [-0.2, -0.15) is 0 Å². The van der Waals surface area contributed by atoms with Gasteiger partial charge in [0.05, 0.1) is 0 Å². The predicted octanol–water partition coefficient (Wildman–Crippen LogP) is 5.76. The molecular formula is C19H19F. The lowest BCUT2D eigenvalue weighted by Gasteiger charge is -2.18. The highest BCUT2D eigenvalue weighted by molar-refractivity contribution is 5.77. The zero-order chi connectivity index (χ0) is 13.9. The largest absolute Gasteiger partial charge is 0.207 e. The van der Waals surface area contributed by atoms with Gasteiger partial charge in [0, 0.05) is 0 Å². The van der Waals surface area contributed by atoms with Crippen molar-refractivity contribution in [3.8, 4) is 11.1 Å². The van der Waals surface area contributed by atoms with Crippen LogP contribution in [0.1, 0.15) is 36.8 Å². The molecule has 0 amide bonds. The first-order chi connectivity index (χ1) is 9.75. The van der Waals surface area contributed by atoms with Crippen LogP contribution >= 0.6 is 0 Å². The van der Waals surface area contributed by atoms with Crippen LogP contribution in [0.15, 0.2) is 48.5 Å². The molecule has 0 bridgehead atoms. The number of halogens is 1. The molecule has 0 spiro atoms. The molecule has 0 saturated carbocycles. The fourth-order valence-electron chi connectivity index (χ4n) is 3.01. The van der Waals surface area contributed by atoms with Gasteiger partial charge in [-0.1, -0.05) is 36.4 Å². The summed E-state index contributed by atoms with van der Waals surface area (Å²) in [7, 11) is 0. The van der Waals surface area contributed by atoms with Crippen LogP contribution in [0.25, 0.3) is 16.7 Å². The lowest BCUT2D eigenvalue weighted by molar-refractivity contribution is 0.627. The second-order valence-corrected chi connectivity index (χ2v) is 5.47. The van der Waals surface area contributed by atoms with E-state index in [1.807, 2.05) is 30.3 Å². The zero-order valence-corrected chi connectivity index (χ0v) is 11.8. The summed E-state index contributed by atoms with van der Waals surface area (Å²) >= 11 is 0. The molecule has 1 heteroatoms. The van der Waals surface area contributed by atoms with Gasteiger partial charge in [-0.05, 0) is 72.6 Å². The fraction of sp³-hybridized carbons (Fsp3) is 0.263. The van der Waals surface area contributed by atoms with Crippen LogP contribution in [-0.2, 0) is 0 Å². The fourth-order valence-corrected chi connectivity index (χ4v) is 3.01. The van der Waals surface area contributed by atoms with E-state index in [-0.39, 0.29) is 5.82 Å².